The second kappa shape index (κ2) is 10.0. The van der Waals surface area contributed by atoms with Crippen LogP contribution >= 0.6 is 0 Å². The van der Waals surface area contributed by atoms with E-state index in [1.165, 1.54) is 16.7 Å². The van der Waals surface area contributed by atoms with Gasteiger partial charge < -0.3 is 0 Å². The van der Waals surface area contributed by atoms with Crippen LogP contribution < -0.4 is 9.27 Å². The Kier molecular flexibility index (Phi) is 6.74. The fraction of sp³-hybridized carbons (Fsp3) is 0.111. The maximum atomic E-state index is 13.6. The highest BCUT2D eigenvalue weighted by Gasteiger charge is 2.27. The molecule has 0 bridgehead atoms. The fourth-order valence-corrected chi connectivity index (χ4v) is 7.31. The van der Waals surface area contributed by atoms with Gasteiger partial charge in [-0.25, -0.2) is 26.8 Å². The molecular weight excluding hydrogens is 538 g/mol. The van der Waals surface area contributed by atoms with Crippen molar-refractivity contribution in [1.82, 2.24) is 19.5 Å². The van der Waals surface area contributed by atoms with Gasteiger partial charge in [-0.15, -0.1) is 0 Å². The van der Waals surface area contributed by atoms with Gasteiger partial charge in [-0.05, 0) is 59.2 Å². The summed E-state index contributed by atoms with van der Waals surface area (Å²) in [5.74, 6) is 0. The summed E-state index contributed by atoms with van der Waals surface area (Å²) < 4.78 is 50.7. The third kappa shape index (κ3) is 5.42. The second-order valence-corrected chi connectivity index (χ2v) is 12.8. The number of anilines is 1. The van der Waals surface area contributed by atoms with E-state index in [1.54, 1.807) is 73.2 Å². The first kappa shape index (κ1) is 26.2. The average molecular weight is 562 g/mol. The van der Waals surface area contributed by atoms with E-state index in [0.717, 1.165) is 18.1 Å². The Morgan fingerprint density at radius 1 is 0.821 bits per heavy atom. The number of hydrogen-bond acceptors (Lipinski definition) is 8. The summed E-state index contributed by atoms with van der Waals surface area (Å²) in [6.07, 6.45) is 6.93. The van der Waals surface area contributed by atoms with E-state index < -0.39 is 20.0 Å². The number of pyridine rings is 2. The molecule has 0 saturated heterocycles. The van der Waals surface area contributed by atoms with Crippen molar-refractivity contribution in [3.8, 4) is 16.8 Å². The lowest BCUT2D eigenvalue weighted by atomic mass is 10.0. The number of nitrogens with zero attached hydrogens (tertiary/aromatic N) is 5. The maximum absolute atomic E-state index is 13.6. The molecule has 0 aliphatic carbocycles. The lowest BCUT2D eigenvalue weighted by molar-refractivity contribution is 0.590. The Bertz CT molecular complexity index is 1930. The molecule has 39 heavy (non-hydrogen) atoms. The third-order valence-corrected chi connectivity index (χ3v) is 9.15. The molecule has 3 heterocycles. The van der Waals surface area contributed by atoms with Gasteiger partial charge in [0, 0.05) is 25.0 Å². The molecule has 0 unspecified atom stereocenters. The number of fused-ring (bicyclic) bond motifs is 1. The summed E-state index contributed by atoms with van der Waals surface area (Å²) in [6.45, 7) is 0. The van der Waals surface area contributed by atoms with Crippen LogP contribution in [0.1, 0.15) is 11.3 Å². The van der Waals surface area contributed by atoms with E-state index in [2.05, 4.69) is 15.0 Å². The van der Waals surface area contributed by atoms with Gasteiger partial charge in [0.05, 0.1) is 23.9 Å². The standard InChI is InChI=1S/C27H23N5O5S2/c1-38(34,35)32(39(2,36)37)23-8-3-7-21(17-23)20-10-12-22(13-11-20)31-26-24(9-5-15-29-26)30-25(27(31)33)16-19-6-4-14-28-18-19/h3-15,17-18H,16H2,1-2H3. The van der Waals surface area contributed by atoms with E-state index >= 15 is 0 Å². The van der Waals surface area contributed by atoms with Crippen LogP contribution in [0.15, 0.2) is 96.2 Å². The summed E-state index contributed by atoms with van der Waals surface area (Å²) in [5, 5.41) is 0. The lowest BCUT2D eigenvalue weighted by Crippen LogP contribution is -2.35. The average Bonchev–Trinajstić information content (AvgIpc) is 2.88. The molecule has 2 aromatic carbocycles. The molecule has 5 rings (SSSR count). The molecule has 5 aromatic rings. The molecule has 0 radical (unpaired) electrons. The van der Waals surface area contributed by atoms with Crippen LogP contribution in [0.2, 0.25) is 0 Å². The van der Waals surface area contributed by atoms with Crippen LogP contribution in [0.5, 0.6) is 0 Å². The predicted molar refractivity (Wildman–Crippen MR) is 150 cm³/mol. The van der Waals surface area contributed by atoms with Gasteiger partial charge in [0.2, 0.25) is 20.0 Å². The highest BCUT2D eigenvalue weighted by molar-refractivity contribution is 8.09. The van der Waals surface area contributed by atoms with Crippen LogP contribution in [0, 0.1) is 0 Å². The largest absolute Gasteiger partial charge is 0.278 e. The molecule has 0 aliphatic heterocycles. The topological polar surface area (TPSA) is 132 Å². The van der Waals surface area contributed by atoms with Gasteiger partial charge in [0.1, 0.15) is 11.2 Å². The zero-order valence-corrected chi connectivity index (χ0v) is 22.6. The first-order valence-electron chi connectivity index (χ1n) is 11.7. The van der Waals surface area contributed by atoms with Crippen molar-refractivity contribution in [2.45, 2.75) is 6.42 Å². The molecule has 0 amide bonds. The number of hydrogen-bond donors (Lipinski definition) is 0. The highest BCUT2D eigenvalue weighted by atomic mass is 32.3. The first-order chi connectivity index (χ1) is 18.5. The van der Waals surface area contributed by atoms with Crippen LogP contribution in [0.25, 0.3) is 28.0 Å². The first-order valence-corrected chi connectivity index (χ1v) is 15.4. The van der Waals surface area contributed by atoms with E-state index in [1.807, 2.05) is 6.07 Å². The van der Waals surface area contributed by atoms with Crippen molar-refractivity contribution in [3.63, 3.8) is 0 Å². The summed E-state index contributed by atoms with van der Waals surface area (Å²) >= 11 is 0. The Labute approximate surface area is 225 Å². The van der Waals surface area contributed by atoms with E-state index in [9.17, 15) is 21.6 Å². The van der Waals surface area contributed by atoms with Gasteiger partial charge in [0.15, 0.2) is 5.65 Å². The summed E-state index contributed by atoms with van der Waals surface area (Å²) in [6, 6.07) is 20.5. The van der Waals surface area contributed by atoms with Crippen molar-refractivity contribution in [2.24, 2.45) is 0 Å². The Balaban J connectivity index is 1.58. The zero-order valence-electron chi connectivity index (χ0n) is 21.0. The van der Waals surface area contributed by atoms with Crippen LogP contribution in [-0.4, -0.2) is 48.9 Å². The van der Waals surface area contributed by atoms with Gasteiger partial charge in [-0.1, -0.05) is 30.3 Å². The Morgan fingerprint density at radius 2 is 1.54 bits per heavy atom. The minimum absolute atomic E-state index is 0.00201. The van der Waals surface area contributed by atoms with Crippen molar-refractivity contribution < 1.29 is 16.8 Å². The molecule has 12 heteroatoms. The third-order valence-electron chi connectivity index (χ3n) is 5.90. The normalized spacial score (nSPS) is 11.9. The molecule has 198 valence electrons. The van der Waals surface area contributed by atoms with Crippen molar-refractivity contribution in [1.29, 1.82) is 0 Å². The molecule has 0 fully saturated rings. The number of rotatable bonds is 7. The van der Waals surface area contributed by atoms with Crippen molar-refractivity contribution in [3.05, 3.63) is 113 Å². The maximum Gasteiger partial charge on any atom is 0.278 e. The minimum atomic E-state index is -4.08. The molecule has 10 nitrogen and oxygen atoms in total. The highest BCUT2D eigenvalue weighted by Crippen LogP contribution is 2.28. The van der Waals surface area contributed by atoms with Crippen LogP contribution in [0.3, 0.4) is 0 Å². The predicted octanol–water partition coefficient (Wildman–Crippen LogP) is 3.16. The summed E-state index contributed by atoms with van der Waals surface area (Å²) in [5.41, 5.74) is 3.72. The molecule has 0 atom stereocenters. The van der Waals surface area contributed by atoms with E-state index in [4.69, 9.17) is 0 Å². The van der Waals surface area contributed by atoms with Crippen LogP contribution in [-0.2, 0) is 26.5 Å². The van der Waals surface area contributed by atoms with Crippen LogP contribution in [0.4, 0.5) is 5.69 Å². The molecule has 0 saturated carbocycles. The minimum Gasteiger partial charge on any atom is -0.267 e. The smallest absolute Gasteiger partial charge is 0.267 e. The van der Waals surface area contributed by atoms with Crippen molar-refractivity contribution in [2.75, 3.05) is 16.2 Å². The number of sulfonamides is 2. The van der Waals surface area contributed by atoms with E-state index in [0.29, 0.717) is 43.8 Å². The van der Waals surface area contributed by atoms with Gasteiger partial charge in [-0.2, -0.15) is 3.71 Å². The Hall–Kier alpha value is -4.42. The molecule has 0 aliphatic rings. The monoisotopic (exact) mass is 561 g/mol. The van der Waals surface area contributed by atoms with Gasteiger partial charge in [-0.3, -0.25) is 14.3 Å². The van der Waals surface area contributed by atoms with Gasteiger partial charge in [0.25, 0.3) is 5.56 Å². The fourth-order valence-electron chi connectivity index (χ4n) is 4.35. The van der Waals surface area contributed by atoms with Crippen molar-refractivity contribution >= 4 is 36.9 Å². The number of aromatic nitrogens is 4. The lowest BCUT2D eigenvalue weighted by Gasteiger charge is -2.20. The second-order valence-electron chi connectivity index (χ2n) is 8.90. The zero-order chi connectivity index (χ0) is 27.8. The van der Waals surface area contributed by atoms with E-state index in [-0.39, 0.29) is 11.2 Å². The summed E-state index contributed by atoms with van der Waals surface area (Å²) in [4.78, 5) is 26.6. The summed E-state index contributed by atoms with van der Waals surface area (Å²) in [7, 11) is -8.16. The van der Waals surface area contributed by atoms with Gasteiger partial charge >= 0.3 is 0 Å². The molecular formula is C27H23N5O5S2. The Morgan fingerprint density at radius 3 is 2.21 bits per heavy atom. The molecule has 3 aromatic heterocycles. The SMILES string of the molecule is CS(=O)(=O)N(c1cccc(-c2ccc(-n3c(=O)c(Cc4cccnc4)nc4cccnc43)cc2)c1)S(C)(=O)=O. The molecule has 0 spiro atoms. The quantitative estimate of drug-likeness (QED) is 0.296. The number of benzene rings is 2. The molecule has 0 N–H and O–H groups in total.